The molecule has 6 nitrogen and oxygen atoms in total. The number of allylic oxidation sites excluding steroid dienone is 1. The Kier molecular flexibility index (Phi) is 4.33. The van der Waals surface area contributed by atoms with Crippen LogP contribution in [0.25, 0.3) is 0 Å². The standard InChI is InChI=1S/C28H32O6/c1-16-14-27-15-26(16,18-8-6-5-7-9-18)12-10-19(27)28-13-11-20(33-17(2)29)25(3,24(31)34-28)22(28)21(27)23(30)32-4/h5-9,19-22H,1,10-15H2,2-4H3/t19-,20+,21-,22-,25-,26+,27+,28-/m1/s1. The Morgan fingerprint density at radius 2 is 1.88 bits per heavy atom. The van der Waals surface area contributed by atoms with Gasteiger partial charge in [-0.05, 0) is 56.4 Å². The number of benzene rings is 1. The fourth-order valence-electron chi connectivity index (χ4n) is 9.36. The maximum absolute atomic E-state index is 13.6. The van der Waals surface area contributed by atoms with E-state index in [0.29, 0.717) is 12.8 Å². The van der Waals surface area contributed by atoms with Crippen molar-refractivity contribution in [2.75, 3.05) is 7.11 Å². The highest BCUT2D eigenvalue weighted by Gasteiger charge is 2.85. The molecule has 1 aliphatic heterocycles. The Morgan fingerprint density at radius 3 is 2.56 bits per heavy atom. The monoisotopic (exact) mass is 464 g/mol. The Morgan fingerprint density at radius 1 is 1.15 bits per heavy atom. The summed E-state index contributed by atoms with van der Waals surface area (Å²) in [6.45, 7) is 7.76. The SMILES string of the molecule is C=C1C[C@]23C[C@@]1(c1ccccc1)CC[C@H]2[C@@]12CC[C@H](OC(C)=O)[C@@](C)(C(=O)O1)[C@H]2[C@@H]3C(=O)OC. The fraction of sp³-hybridized carbons (Fsp3) is 0.607. The van der Waals surface area contributed by atoms with Crippen molar-refractivity contribution >= 4 is 17.9 Å². The molecule has 4 saturated carbocycles. The van der Waals surface area contributed by atoms with Crippen LogP contribution in [-0.4, -0.2) is 36.7 Å². The van der Waals surface area contributed by atoms with Gasteiger partial charge in [-0.25, -0.2) is 0 Å². The first-order chi connectivity index (χ1) is 16.2. The summed E-state index contributed by atoms with van der Waals surface area (Å²) < 4.78 is 17.5. The summed E-state index contributed by atoms with van der Waals surface area (Å²) in [5.41, 5.74) is 0.0265. The van der Waals surface area contributed by atoms with E-state index in [2.05, 4.69) is 30.8 Å². The summed E-state index contributed by atoms with van der Waals surface area (Å²) >= 11 is 0. The second-order valence-electron chi connectivity index (χ2n) is 11.5. The lowest BCUT2D eigenvalue weighted by Crippen LogP contribution is -2.54. The molecule has 5 fully saturated rings. The molecule has 4 aliphatic carbocycles. The van der Waals surface area contributed by atoms with E-state index in [9.17, 15) is 14.4 Å². The average Bonchev–Trinajstić information content (AvgIpc) is 3.26. The van der Waals surface area contributed by atoms with Gasteiger partial charge in [-0.2, -0.15) is 0 Å². The molecule has 1 saturated heterocycles. The van der Waals surface area contributed by atoms with Crippen molar-refractivity contribution in [1.82, 2.24) is 0 Å². The van der Waals surface area contributed by atoms with E-state index in [1.54, 1.807) is 0 Å². The van der Waals surface area contributed by atoms with Gasteiger partial charge in [-0.1, -0.05) is 42.5 Å². The van der Waals surface area contributed by atoms with Crippen LogP contribution in [-0.2, 0) is 34.0 Å². The first-order valence-electron chi connectivity index (χ1n) is 12.4. The number of hydrogen-bond acceptors (Lipinski definition) is 6. The molecule has 0 aromatic heterocycles. The minimum atomic E-state index is -1.08. The molecular formula is C28H32O6. The molecule has 1 heterocycles. The van der Waals surface area contributed by atoms with Crippen molar-refractivity contribution in [1.29, 1.82) is 0 Å². The molecule has 4 bridgehead atoms. The minimum absolute atomic E-state index is 0.0502. The minimum Gasteiger partial charge on any atom is -0.469 e. The van der Waals surface area contributed by atoms with Crippen LogP contribution in [0.15, 0.2) is 42.5 Å². The van der Waals surface area contributed by atoms with Crippen LogP contribution < -0.4 is 0 Å². The van der Waals surface area contributed by atoms with Crippen molar-refractivity contribution < 1.29 is 28.6 Å². The van der Waals surface area contributed by atoms with Crippen LogP contribution in [0.3, 0.4) is 0 Å². The number of ether oxygens (including phenoxy) is 3. The molecule has 180 valence electrons. The lowest BCUT2D eigenvalue weighted by atomic mass is 9.58. The molecular weight excluding hydrogens is 432 g/mol. The van der Waals surface area contributed by atoms with Gasteiger partial charge in [-0.15, -0.1) is 0 Å². The largest absolute Gasteiger partial charge is 0.469 e. The Balaban J connectivity index is 1.53. The first kappa shape index (κ1) is 21.9. The van der Waals surface area contributed by atoms with Gasteiger partial charge in [-0.3, -0.25) is 14.4 Å². The van der Waals surface area contributed by atoms with Crippen LogP contribution in [0.4, 0.5) is 0 Å². The molecule has 6 rings (SSSR count). The van der Waals surface area contributed by atoms with Crippen molar-refractivity contribution in [3.8, 4) is 0 Å². The predicted octanol–water partition coefficient (Wildman–Crippen LogP) is 4.12. The summed E-state index contributed by atoms with van der Waals surface area (Å²) in [4.78, 5) is 39.0. The third kappa shape index (κ3) is 2.30. The molecule has 1 aromatic carbocycles. The molecule has 0 N–H and O–H groups in total. The van der Waals surface area contributed by atoms with Crippen LogP contribution in [0, 0.1) is 28.6 Å². The maximum Gasteiger partial charge on any atom is 0.316 e. The zero-order chi connectivity index (χ0) is 24.1. The van der Waals surface area contributed by atoms with E-state index >= 15 is 0 Å². The zero-order valence-electron chi connectivity index (χ0n) is 20.1. The van der Waals surface area contributed by atoms with Gasteiger partial charge in [0.15, 0.2) is 0 Å². The Hall–Kier alpha value is -2.63. The number of carbonyl (C=O) groups is 3. The van der Waals surface area contributed by atoms with Crippen molar-refractivity contribution in [2.24, 2.45) is 28.6 Å². The van der Waals surface area contributed by atoms with Gasteiger partial charge in [0.1, 0.15) is 17.1 Å². The number of esters is 3. The van der Waals surface area contributed by atoms with Crippen LogP contribution in [0.2, 0.25) is 0 Å². The highest BCUT2D eigenvalue weighted by Crippen LogP contribution is 2.80. The summed E-state index contributed by atoms with van der Waals surface area (Å²) in [5, 5.41) is 0. The summed E-state index contributed by atoms with van der Waals surface area (Å²) in [7, 11) is 1.43. The number of rotatable bonds is 3. The highest BCUT2D eigenvalue weighted by molar-refractivity contribution is 5.86. The van der Waals surface area contributed by atoms with E-state index < -0.39 is 34.4 Å². The van der Waals surface area contributed by atoms with Crippen LogP contribution >= 0.6 is 0 Å². The lowest BCUT2D eigenvalue weighted by Gasteiger charge is -2.47. The molecule has 0 radical (unpaired) electrons. The molecule has 6 heteroatoms. The Bertz CT molecular complexity index is 1110. The average molecular weight is 465 g/mol. The number of carbonyl (C=O) groups excluding carboxylic acids is 3. The van der Waals surface area contributed by atoms with Gasteiger partial charge in [0.2, 0.25) is 0 Å². The van der Waals surface area contributed by atoms with Gasteiger partial charge < -0.3 is 14.2 Å². The molecule has 0 amide bonds. The molecule has 0 unspecified atom stereocenters. The number of methoxy groups -OCH3 is 1. The smallest absolute Gasteiger partial charge is 0.316 e. The third-order valence-electron chi connectivity index (χ3n) is 10.4. The van der Waals surface area contributed by atoms with E-state index in [1.807, 2.05) is 13.0 Å². The Labute approximate surface area is 200 Å². The fourth-order valence-corrected chi connectivity index (χ4v) is 9.36. The molecule has 1 aromatic rings. The second-order valence-corrected chi connectivity index (χ2v) is 11.5. The third-order valence-corrected chi connectivity index (χ3v) is 10.4. The molecule has 34 heavy (non-hydrogen) atoms. The lowest BCUT2D eigenvalue weighted by molar-refractivity contribution is -0.169. The maximum atomic E-state index is 13.6. The molecule has 5 aliphatic rings. The van der Waals surface area contributed by atoms with Crippen LogP contribution in [0.5, 0.6) is 0 Å². The topological polar surface area (TPSA) is 78.9 Å². The van der Waals surface area contributed by atoms with E-state index in [-0.39, 0.29) is 29.2 Å². The summed E-state index contributed by atoms with van der Waals surface area (Å²) in [6, 6.07) is 10.5. The van der Waals surface area contributed by atoms with Gasteiger partial charge in [0, 0.05) is 24.2 Å². The normalized spacial score (nSPS) is 45.9. The molecule has 8 atom stereocenters. The van der Waals surface area contributed by atoms with E-state index in [4.69, 9.17) is 14.2 Å². The summed E-state index contributed by atoms with van der Waals surface area (Å²) in [6.07, 6.45) is 3.86. The highest BCUT2D eigenvalue weighted by atomic mass is 16.6. The number of hydrogen-bond donors (Lipinski definition) is 0. The van der Waals surface area contributed by atoms with Crippen molar-refractivity contribution in [3.05, 3.63) is 48.0 Å². The van der Waals surface area contributed by atoms with Gasteiger partial charge in [0.25, 0.3) is 0 Å². The van der Waals surface area contributed by atoms with Gasteiger partial charge >= 0.3 is 17.9 Å². The van der Waals surface area contributed by atoms with Crippen LogP contribution in [0.1, 0.15) is 57.9 Å². The van der Waals surface area contributed by atoms with Crippen molar-refractivity contribution in [2.45, 2.75) is 69.5 Å². The van der Waals surface area contributed by atoms with Gasteiger partial charge in [0.05, 0.1) is 13.0 Å². The number of fused-ring (bicyclic) bond motifs is 1. The predicted molar refractivity (Wildman–Crippen MR) is 122 cm³/mol. The second kappa shape index (κ2) is 6.73. The van der Waals surface area contributed by atoms with Crippen molar-refractivity contribution in [3.63, 3.8) is 0 Å². The molecule has 1 spiro atoms. The first-order valence-corrected chi connectivity index (χ1v) is 12.4. The summed E-state index contributed by atoms with van der Waals surface area (Å²) in [5.74, 6) is -1.90. The van der Waals surface area contributed by atoms with E-state index in [0.717, 1.165) is 31.3 Å². The van der Waals surface area contributed by atoms with E-state index in [1.165, 1.54) is 19.6 Å². The quantitative estimate of drug-likeness (QED) is 0.380. The zero-order valence-corrected chi connectivity index (χ0v) is 20.1.